The molecule has 0 amide bonds. The molecule has 0 saturated carbocycles. The largest absolute Gasteiger partial charge is 0.492 e. The number of pyridine rings is 1. The van der Waals surface area contributed by atoms with Crippen molar-refractivity contribution in [2.24, 2.45) is 0 Å². The van der Waals surface area contributed by atoms with E-state index in [1.54, 1.807) is 12.1 Å². The van der Waals surface area contributed by atoms with Crippen LogP contribution < -0.4 is 4.74 Å². The van der Waals surface area contributed by atoms with Crippen molar-refractivity contribution < 1.29 is 4.74 Å². The summed E-state index contributed by atoms with van der Waals surface area (Å²) in [6.45, 7) is 2.71. The summed E-state index contributed by atoms with van der Waals surface area (Å²) in [6, 6.07) is 15.3. The first-order chi connectivity index (χ1) is 10.3. The normalized spacial score (nSPS) is 11.7. The van der Waals surface area contributed by atoms with Gasteiger partial charge in [-0.05, 0) is 24.1 Å². The molecule has 1 unspecified atom stereocenters. The van der Waals surface area contributed by atoms with Gasteiger partial charge in [-0.3, -0.25) is 0 Å². The number of rotatable bonds is 6. The van der Waals surface area contributed by atoms with Gasteiger partial charge in [0.05, 0.1) is 12.7 Å². The van der Waals surface area contributed by atoms with Crippen LogP contribution in [0.25, 0.3) is 0 Å². The molecular weight excluding hydrogens is 284 g/mol. The lowest BCUT2D eigenvalue weighted by atomic mass is 9.96. The van der Waals surface area contributed by atoms with E-state index >= 15 is 0 Å². The van der Waals surface area contributed by atoms with Crippen LogP contribution in [0, 0.1) is 11.3 Å². The van der Waals surface area contributed by atoms with Gasteiger partial charge in [-0.15, -0.1) is 0 Å². The predicted octanol–water partition coefficient (Wildman–Crippen LogP) is 4.57. The molecule has 1 atom stereocenters. The highest BCUT2D eigenvalue weighted by atomic mass is 35.5. The van der Waals surface area contributed by atoms with Crippen molar-refractivity contribution >= 4 is 11.6 Å². The third-order valence-electron chi connectivity index (χ3n) is 3.14. The van der Waals surface area contributed by atoms with Gasteiger partial charge in [0.2, 0.25) is 0 Å². The lowest BCUT2D eigenvalue weighted by molar-refractivity contribution is 0.304. The van der Waals surface area contributed by atoms with Gasteiger partial charge in [0.15, 0.2) is 0 Å². The second-order valence-electron chi connectivity index (χ2n) is 4.69. The first-order valence-corrected chi connectivity index (χ1v) is 7.38. The Morgan fingerprint density at radius 2 is 2.00 bits per heavy atom. The van der Waals surface area contributed by atoms with Crippen LogP contribution in [0.15, 0.2) is 42.5 Å². The van der Waals surface area contributed by atoms with Crippen molar-refractivity contribution in [2.45, 2.75) is 25.7 Å². The number of halogens is 1. The Balaban J connectivity index is 2.36. The molecule has 0 saturated heterocycles. The second kappa shape index (κ2) is 7.66. The van der Waals surface area contributed by atoms with E-state index in [4.69, 9.17) is 16.3 Å². The summed E-state index contributed by atoms with van der Waals surface area (Å²) >= 11 is 5.99. The Labute approximate surface area is 130 Å². The van der Waals surface area contributed by atoms with Crippen molar-refractivity contribution in [3.05, 3.63) is 58.9 Å². The molecule has 0 aliphatic carbocycles. The molecule has 21 heavy (non-hydrogen) atoms. The van der Waals surface area contributed by atoms with Crippen LogP contribution >= 0.6 is 11.6 Å². The molecule has 0 N–H and O–H groups in total. The van der Waals surface area contributed by atoms with Crippen LogP contribution in [0.2, 0.25) is 5.15 Å². The maximum atomic E-state index is 9.53. The zero-order valence-corrected chi connectivity index (χ0v) is 12.7. The van der Waals surface area contributed by atoms with Crippen LogP contribution in [0.4, 0.5) is 0 Å². The fraction of sp³-hybridized carbons (Fsp3) is 0.294. The molecule has 108 valence electrons. The minimum Gasteiger partial charge on any atom is -0.492 e. The summed E-state index contributed by atoms with van der Waals surface area (Å²) in [6.07, 6.45) is 2.02. The third-order valence-corrected chi connectivity index (χ3v) is 3.35. The Kier molecular flexibility index (Phi) is 5.59. The maximum Gasteiger partial charge on any atom is 0.142 e. The molecule has 2 rings (SSSR count). The molecular formula is C17H17ClN2O. The number of nitrogens with zero attached hydrogens (tertiary/aromatic N) is 2. The van der Waals surface area contributed by atoms with Crippen molar-refractivity contribution in [2.75, 3.05) is 6.61 Å². The number of hydrogen-bond acceptors (Lipinski definition) is 3. The van der Waals surface area contributed by atoms with E-state index in [9.17, 15) is 5.26 Å². The first kappa shape index (κ1) is 15.3. The third kappa shape index (κ3) is 3.96. The summed E-state index contributed by atoms with van der Waals surface area (Å²) in [5.74, 6) is 0.143. The quantitative estimate of drug-likeness (QED) is 0.580. The van der Waals surface area contributed by atoms with E-state index in [1.807, 2.05) is 30.3 Å². The Bertz CT molecular complexity index is 622. The van der Waals surface area contributed by atoms with Crippen molar-refractivity contribution in [1.29, 1.82) is 5.26 Å². The van der Waals surface area contributed by atoms with Gasteiger partial charge in [0.1, 0.15) is 22.5 Å². The van der Waals surface area contributed by atoms with Gasteiger partial charge in [-0.1, -0.05) is 55.3 Å². The van der Waals surface area contributed by atoms with Gasteiger partial charge >= 0.3 is 0 Å². The van der Waals surface area contributed by atoms with E-state index in [-0.39, 0.29) is 0 Å². The molecule has 0 radical (unpaired) electrons. The monoisotopic (exact) mass is 300 g/mol. The fourth-order valence-electron chi connectivity index (χ4n) is 2.03. The molecule has 1 aromatic heterocycles. The number of aromatic nitrogens is 1. The summed E-state index contributed by atoms with van der Waals surface area (Å²) < 4.78 is 5.76. The number of benzene rings is 1. The van der Waals surface area contributed by atoms with E-state index < -0.39 is 5.92 Å². The summed E-state index contributed by atoms with van der Waals surface area (Å²) in [7, 11) is 0. The minimum atomic E-state index is -0.485. The van der Waals surface area contributed by atoms with Crippen molar-refractivity contribution in [3.8, 4) is 11.8 Å². The lowest BCUT2D eigenvalue weighted by Gasteiger charge is -2.15. The average molecular weight is 301 g/mol. The van der Waals surface area contributed by atoms with Gasteiger partial charge in [0, 0.05) is 0 Å². The summed E-state index contributed by atoms with van der Waals surface area (Å²) in [4.78, 5) is 4.32. The van der Waals surface area contributed by atoms with Crippen LogP contribution in [0.1, 0.15) is 36.9 Å². The van der Waals surface area contributed by atoms with E-state index in [2.05, 4.69) is 18.0 Å². The zero-order valence-electron chi connectivity index (χ0n) is 11.9. The molecule has 3 nitrogen and oxygen atoms in total. The molecule has 4 heteroatoms. The van der Waals surface area contributed by atoms with Gasteiger partial charge in [-0.2, -0.15) is 5.26 Å². The Morgan fingerprint density at radius 1 is 1.24 bits per heavy atom. The molecule has 0 spiro atoms. The summed E-state index contributed by atoms with van der Waals surface area (Å²) in [5, 5.41) is 9.90. The van der Waals surface area contributed by atoms with Gasteiger partial charge < -0.3 is 4.74 Å². The molecule has 2 aromatic rings. The number of hydrogen-bond donors (Lipinski definition) is 0. The molecule has 0 aliphatic rings. The smallest absolute Gasteiger partial charge is 0.142 e. The fourth-order valence-corrected chi connectivity index (χ4v) is 2.19. The number of nitriles is 1. The standard InChI is InChI=1S/C17H17ClN2O/c1-2-3-11-21-15-9-10-16(18)20-17(15)14(12-19)13-7-5-4-6-8-13/h4-10,14H,2-3,11H2,1H3. The van der Waals surface area contributed by atoms with Crippen LogP contribution in [0.3, 0.4) is 0 Å². The average Bonchev–Trinajstić information content (AvgIpc) is 2.51. The number of ether oxygens (including phenoxy) is 1. The first-order valence-electron chi connectivity index (χ1n) is 7.00. The van der Waals surface area contributed by atoms with Crippen LogP contribution in [0.5, 0.6) is 5.75 Å². The van der Waals surface area contributed by atoms with Crippen molar-refractivity contribution in [1.82, 2.24) is 4.98 Å². The summed E-state index contributed by atoms with van der Waals surface area (Å²) in [5.41, 5.74) is 1.46. The molecule has 1 heterocycles. The van der Waals surface area contributed by atoms with Crippen molar-refractivity contribution in [3.63, 3.8) is 0 Å². The Morgan fingerprint density at radius 3 is 2.67 bits per heavy atom. The maximum absolute atomic E-state index is 9.53. The molecule has 0 fully saturated rings. The lowest BCUT2D eigenvalue weighted by Crippen LogP contribution is -2.07. The van der Waals surface area contributed by atoms with E-state index in [1.165, 1.54) is 0 Å². The van der Waals surface area contributed by atoms with E-state index in [0.29, 0.717) is 23.2 Å². The SMILES string of the molecule is CCCCOc1ccc(Cl)nc1C(C#N)c1ccccc1. The topological polar surface area (TPSA) is 45.9 Å². The predicted molar refractivity (Wildman–Crippen MR) is 83.5 cm³/mol. The van der Waals surface area contributed by atoms with Crippen LogP contribution in [-0.2, 0) is 0 Å². The zero-order chi connectivity index (χ0) is 15.1. The second-order valence-corrected chi connectivity index (χ2v) is 5.08. The highest BCUT2D eigenvalue weighted by molar-refractivity contribution is 6.29. The molecule has 0 aliphatic heterocycles. The van der Waals surface area contributed by atoms with E-state index in [0.717, 1.165) is 18.4 Å². The number of unbranched alkanes of at least 4 members (excludes halogenated alkanes) is 1. The van der Waals surface area contributed by atoms with Gasteiger partial charge in [-0.25, -0.2) is 4.98 Å². The Hall–Kier alpha value is -2.05. The molecule has 1 aromatic carbocycles. The molecule has 0 bridgehead atoms. The highest BCUT2D eigenvalue weighted by Crippen LogP contribution is 2.31. The minimum absolute atomic E-state index is 0.365. The van der Waals surface area contributed by atoms with Crippen LogP contribution in [-0.4, -0.2) is 11.6 Å². The van der Waals surface area contributed by atoms with Gasteiger partial charge in [0.25, 0.3) is 0 Å². The highest BCUT2D eigenvalue weighted by Gasteiger charge is 2.20.